The van der Waals surface area contributed by atoms with E-state index in [0.29, 0.717) is 19.6 Å². The van der Waals surface area contributed by atoms with Crippen molar-refractivity contribution in [3.8, 4) is 22.7 Å². The topological polar surface area (TPSA) is 48.8 Å². The van der Waals surface area contributed by atoms with E-state index in [1.165, 1.54) is 0 Å². The van der Waals surface area contributed by atoms with Gasteiger partial charge in [0.15, 0.2) is 6.29 Å². The molecule has 0 N–H and O–H groups in total. The van der Waals surface area contributed by atoms with E-state index >= 15 is 0 Å². The van der Waals surface area contributed by atoms with E-state index < -0.39 is 0 Å². The maximum atomic E-state index is 6.27. The third-order valence-corrected chi connectivity index (χ3v) is 5.85. The number of hydrogen-bond acceptors (Lipinski definition) is 5. The number of nitrogens with zero attached hydrogens (tertiary/aromatic N) is 3. The number of hydroxylamine groups is 1. The second kappa shape index (κ2) is 10.1. The molecule has 0 unspecified atom stereocenters. The van der Waals surface area contributed by atoms with Crippen LogP contribution in [-0.4, -0.2) is 29.3 Å². The predicted octanol–water partition coefficient (Wildman–Crippen LogP) is 6.18. The summed E-state index contributed by atoms with van der Waals surface area (Å²) in [5, 5.41) is 6.99. The highest BCUT2D eigenvalue weighted by atomic mass is 16.8. The Kier molecular flexibility index (Phi) is 6.60. The number of para-hydroxylation sites is 2. The molecule has 2 atom stereocenters. The predicted molar refractivity (Wildman–Crippen MR) is 133 cm³/mol. The first-order chi connectivity index (χ1) is 16.8. The first-order valence-electron chi connectivity index (χ1n) is 11.8. The van der Waals surface area contributed by atoms with Gasteiger partial charge in [-0.3, -0.25) is 0 Å². The quantitative estimate of drug-likeness (QED) is 0.317. The number of anilines is 1. The fourth-order valence-electron chi connectivity index (χ4n) is 4.32. The molecule has 1 aromatic heterocycles. The fraction of sp³-hybridized carbons (Fsp3) is 0.250. The average Bonchev–Trinajstić information content (AvgIpc) is 3.51. The van der Waals surface area contributed by atoms with Gasteiger partial charge in [0.25, 0.3) is 0 Å². The third-order valence-electron chi connectivity index (χ3n) is 5.85. The van der Waals surface area contributed by atoms with E-state index in [4.69, 9.17) is 19.4 Å². The Morgan fingerprint density at radius 1 is 0.853 bits per heavy atom. The first-order valence-corrected chi connectivity index (χ1v) is 11.8. The van der Waals surface area contributed by atoms with Crippen molar-refractivity contribution < 1.29 is 14.3 Å². The summed E-state index contributed by atoms with van der Waals surface area (Å²) >= 11 is 0. The molecule has 0 saturated carbocycles. The molecular formula is C28H29N3O3. The van der Waals surface area contributed by atoms with Crippen molar-refractivity contribution in [1.29, 1.82) is 0 Å². The van der Waals surface area contributed by atoms with E-state index in [0.717, 1.165) is 33.9 Å². The molecule has 174 valence electrons. The van der Waals surface area contributed by atoms with Crippen LogP contribution in [0.5, 0.6) is 5.75 Å². The van der Waals surface area contributed by atoms with Gasteiger partial charge in [0.05, 0.1) is 29.7 Å². The summed E-state index contributed by atoms with van der Waals surface area (Å²) in [5.74, 6) is 0.849. The van der Waals surface area contributed by atoms with Crippen LogP contribution in [-0.2, 0) is 9.57 Å². The molecule has 3 aromatic carbocycles. The maximum absolute atomic E-state index is 6.27. The van der Waals surface area contributed by atoms with Crippen LogP contribution in [0.4, 0.5) is 5.69 Å². The zero-order chi connectivity index (χ0) is 23.3. The second-order valence-electron chi connectivity index (χ2n) is 8.07. The van der Waals surface area contributed by atoms with Crippen molar-refractivity contribution in [3.05, 3.63) is 96.7 Å². The highest BCUT2D eigenvalue weighted by molar-refractivity contribution is 5.66. The summed E-state index contributed by atoms with van der Waals surface area (Å²) in [5.41, 5.74) is 5.02. The molecule has 1 aliphatic heterocycles. The number of benzene rings is 3. The van der Waals surface area contributed by atoms with Crippen LogP contribution < -0.4 is 9.80 Å². The van der Waals surface area contributed by atoms with Crippen LogP contribution in [0.2, 0.25) is 0 Å². The lowest BCUT2D eigenvalue weighted by Crippen LogP contribution is -2.22. The second-order valence-corrected chi connectivity index (χ2v) is 8.07. The van der Waals surface area contributed by atoms with Crippen molar-refractivity contribution in [2.75, 3.05) is 18.3 Å². The van der Waals surface area contributed by atoms with Gasteiger partial charge in [-0.15, -0.1) is 0 Å². The summed E-state index contributed by atoms with van der Waals surface area (Å²) < 4.78 is 13.5. The minimum Gasteiger partial charge on any atom is -0.494 e. The van der Waals surface area contributed by atoms with Gasteiger partial charge in [-0.2, -0.15) is 5.10 Å². The van der Waals surface area contributed by atoms with Crippen LogP contribution in [0.25, 0.3) is 16.9 Å². The Bertz CT molecular complexity index is 1190. The number of rotatable bonds is 8. The first kappa shape index (κ1) is 22.2. The van der Waals surface area contributed by atoms with Crippen LogP contribution >= 0.6 is 0 Å². The Morgan fingerprint density at radius 3 is 2.18 bits per heavy atom. The molecule has 1 saturated heterocycles. The van der Waals surface area contributed by atoms with E-state index in [9.17, 15) is 0 Å². The molecule has 4 aromatic rings. The van der Waals surface area contributed by atoms with Crippen molar-refractivity contribution in [2.45, 2.75) is 32.6 Å². The largest absolute Gasteiger partial charge is 0.494 e. The zero-order valence-electron chi connectivity index (χ0n) is 19.5. The Morgan fingerprint density at radius 2 is 1.53 bits per heavy atom. The summed E-state index contributed by atoms with van der Waals surface area (Å²) in [4.78, 5) is 6.27. The minimum absolute atomic E-state index is 0.0574. The Labute approximate surface area is 200 Å². The average molecular weight is 456 g/mol. The monoisotopic (exact) mass is 455 g/mol. The highest BCUT2D eigenvalue weighted by Gasteiger charge is 2.38. The zero-order valence-corrected chi connectivity index (χ0v) is 19.5. The molecule has 0 amide bonds. The van der Waals surface area contributed by atoms with Crippen LogP contribution in [0.15, 0.2) is 91.1 Å². The lowest BCUT2D eigenvalue weighted by molar-refractivity contribution is -0.115. The van der Waals surface area contributed by atoms with Crippen LogP contribution in [0.3, 0.4) is 0 Å². The van der Waals surface area contributed by atoms with Gasteiger partial charge in [0.2, 0.25) is 0 Å². The molecule has 0 spiro atoms. The fourth-order valence-corrected chi connectivity index (χ4v) is 4.32. The number of ether oxygens (including phenoxy) is 2. The van der Waals surface area contributed by atoms with E-state index in [1.807, 2.05) is 72.1 Å². The van der Waals surface area contributed by atoms with Gasteiger partial charge in [0, 0.05) is 30.4 Å². The molecular weight excluding hydrogens is 426 g/mol. The van der Waals surface area contributed by atoms with Gasteiger partial charge in [-0.1, -0.05) is 36.4 Å². The lowest BCUT2D eigenvalue weighted by atomic mass is 10.00. The highest BCUT2D eigenvalue weighted by Crippen LogP contribution is 2.42. The molecule has 2 heterocycles. The van der Waals surface area contributed by atoms with E-state index in [1.54, 1.807) is 0 Å². The maximum Gasteiger partial charge on any atom is 0.186 e. The molecule has 0 bridgehead atoms. The van der Waals surface area contributed by atoms with Gasteiger partial charge in [-0.25, -0.2) is 14.6 Å². The number of aromatic nitrogens is 2. The van der Waals surface area contributed by atoms with Crippen LogP contribution in [0.1, 0.15) is 31.9 Å². The lowest BCUT2D eigenvalue weighted by Gasteiger charge is -2.24. The molecule has 1 fully saturated rings. The number of hydrogen-bond donors (Lipinski definition) is 0. The van der Waals surface area contributed by atoms with E-state index in [2.05, 4.69) is 42.6 Å². The molecule has 6 nitrogen and oxygen atoms in total. The van der Waals surface area contributed by atoms with Crippen molar-refractivity contribution >= 4 is 5.69 Å². The summed E-state index contributed by atoms with van der Waals surface area (Å²) in [6, 6.07) is 28.4. The summed E-state index contributed by atoms with van der Waals surface area (Å²) in [6.07, 6.45) is 2.50. The summed E-state index contributed by atoms with van der Waals surface area (Å²) in [7, 11) is 0. The standard InChI is InChI=1S/C28H29N3O3/c1-3-32-24-17-15-21(16-18-24)28-25(20-30(29-28)22-11-7-5-8-12-22)26-19-27(33-4-2)34-31(26)23-13-9-6-10-14-23/h5-18,20,26-27H,3-4,19H2,1-2H3/t26-,27-/m0/s1. The molecule has 34 heavy (non-hydrogen) atoms. The van der Waals surface area contributed by atoms with Gasteiger partial charge < -0.3 is 9.47 Å². The van der Waals surface area contributed by atoms with Crippen molar-refractivity contribution in [3.63, 3.8) is 0 Å². The normalized spacial score (nSPS) is 17.8. The molecule has 1 aliphatic rings. The van der Waals surface area contributed by atoms with Crippen molar-refractivity contribution in [2.24, 2.45) is 0 Å². The summed E-state index contributed by atoms with van der Waals surface area (Å²) in [6.45, 7) is 5.20. The molecule has 0 radical (unpaired) electrons. The Balaban J connectivity index is 1.60. The molecule has 0 aliphatic carbocycles. The van der Waals surface area contributed by atoms with Crippen LogP contribution in [0, 0.1) is 0 Å². The molecule has 6 heteroatoms. The smallest absolute Gasteiger partial charge is 0.186 e. The van der Waals surface area contributed by atoms with Gasteiger partial charge in [-0.05, 0) is 62.4 Å². The van der Waals surface area contributed by atoms with Gasteiger partial charge >= 0.3 is 0 Å². The third kappa shape index (κ3) is 4.55. The molecule has 5 rings (SSSR count). The van der Waals surface area contributed by atoms with Gasteiger partial charge in [0.1, 0.15) is 5.75 Å². The SMILES string of the molecule is CCOc1ccc(-c2nn(-c3ccccc3)cc2[C@@H]2C[C@@H](OCC)ON2c2ccccc2)cc1. The minimum atomic E-state index is -0.316. The van der Waals surface area contributed by atoms with Crippen molar-refractivity contribution in [1.82, 2.24) is 9.78 Å². The Hall–Kier alpha value is -3.61. The van der Waals surface area contributed by atoms with E-state index in [-0.39, 0.29) is 12.3 Å².